The monoisotopic (exact) mass is 443 g/mol. The van der Waals surface area contributed by atoms with Crippen molar-refractivity contribution in [3.05, 3.63) is 76.0 Å². The van der Waals surface area contributed by atoms with Crippen molar-refractivity contribution in [2.45, 2.75) is 66.6 Å². The fraction of sp³-hybridized carbons (Fsp3) is 0.357. The number of aryl methyl sites for hydroxylation is 2. The molecular formula is C28H33N3O2. The highest BCUT2D eigenvalue weighted by atomic mass is 16.2. The highest BCUT2D eigenvalue weighted by Crippen LogP contribution is 2.41. The Kier molecular flexibility index (Phi) is 5.69. The molecule has 3 amide bonds. The van der Waals surface area contributed by atoms with E-state index in [0.717, 1.165) is 27.8 Å². The van der Waals surface area contributed by atoms with Gasteiger partial charge in [0.05, 0.1) is 12.1 Å². The average Bonchev–Trinajstić information content (AvgIpc) is 2.97. The number of fused-ring (bicyclic) bond motifs is 1. The molecule has 4 rings (SSSR count). The van der Waals surface area contributed by atoms with Gasteiger partial charge in [0.1, 0.15) is 5.70 Å². The molecule has 0 saturated carbocycles. The molecule has 172 valence electrons. The van der Waals surface area contributed by atoms with Gasteiger partial charge in [0.2, 0.25) is 0 Å². The lowest BCUT2D eigenvalue weighted by Crippen LogP contribution is -2.49. The summed E-state index contributed by atoms with van der Waals surface area (Å²) in [6, 6.07) is 12.2. The maximum absolute atomic E-state index is 13.0. The summed E-state index contributed by atoms with van der Waals surface area (Å²) in [4.78, 5) is 29.3. The van der Waals surface area contributed by atoms with Crippen LogP contribution in [-0.4, -0.2) is 28.4 Å². The second-order valence-electron chi connectivity index (χ2n) is 10.0. The molecule has 33 heavy (non-hydrogen) atoms. The van der Waals surface area contributed by atoms with Crippen LogP contribution >= 0.6 is 0 Å². The summed E-state index contributed by atoms with van der Waals surface area (Å²) in [5.41, 5.74) is 7.88. The largest absolute Gasteiger partial charge is 0.360 e. The van der Waals surface area contributed by atoms with Crippen molar-refractivity contribution in [3.63, 3.8) is 0 Å². The topological polar surface area (TPSA) is 52.7 Å². The third kappa shape index (κ3) is 4.20. The van der Waals surface area contributed by atoms with E-state index in [9.17, 15) is 9.59 Å². The summed E-state index contributed by atoms with van der Waals surface area (Å²) in [6.07, 6.45) is 4.10. The molecule has 2 aromatic rings. The van der Waals surface area contributed by atoms with Gasteiger partial charge >= 0.3 is 6.03 Å². The molecule has 0 atom stereocenters. The van der Waals surface area contributed by atoms with E-state index in [4.69, 9.17) is 0 Å². The number of urea groups is 1. The lowest BCUT2D eigenvalue weighted by atomic mass is 9.85. The molecular weight excluding hydrogens is 410 g/mol. The van der Waals surface area contributed by atoms with E-state index in [1.807, 2.05) is 31.2 Å². The molecule has 1 saturated heterocycles. The molecule has 2 aliphatic rings. The van der Waals surface area contributed by atoms with Gasteiger partial charge < -0.3 is 10.2 Å². The standard InChI is InChI=1S/C28H33N3O2/c1-17(2)31-25-12-19(4)22(13-23(25)20(5)15-28(31,6)7)14-24-26(32)30(27(33)29-24)16-21-10-8-18(3)9-11-21/h8-15,17H,16H2,1-7H3,(H,29,33)/b24-14-. The van der Waals surface area contributed by atoms with E-state index in [1.54, 1.807) is 6.08 Å². The quantitative estimate of drug-likeness (QED) is 0.479. The van der Waals surface area contributed by atoms with Crippen LogP contribution in [0.1, 0.15) is 62.4 Å². The van der Waals surface area contributed by atoms with Gasteiger partial charge in [0, 0.05) is 17.3 Å². The average molecular weight is 444 g/mol. The lowest BCUT2D eigenvalue weighted by molar-refractivity contribution is -0.123. The van der Waals surface area contributed by atoms with Gasteiger partial charge in [-0.2, -0.15) is 0 Å². The van der Waals surface area contributed by atoms with Gasteiger partial charge in [0.25, 0.3) is 5.91 Å². The van der Waals surface area contributed by atoms with E-state index in [2.05, 4.69) is 70.0 Å². The number of nitrogens with zero attached hydrogens (tertiary/aromatic N) is 2. The van der Waals surface area contributed by atoms with Crippen molar-refractivity contribution < 1.29 is 9.59 Å². The van der Waals surface area contributed by atoms with E-state index >= 15 is 0 Å². The molecule has 0 radical (unpaired) electrons. The van der Waals surface area contributed by atoms with Crippen LogP contribution in [0.5, 0.6) is 0 Å². The minimum Gasteiger partial charge on any atom is -0.360 e. The number of rotatable bonds is 4. The SMILES string of the molecule is CC1=CC(C)(C)N(C(C)C)c2cc(C)c(/C=C3\NC(=O)N(Cc4ccc(C)cc4)C3=O)cc21. The predicted octanol–water partition coefficient (Wildman–Crippen LogP) is 5.81. The molecule has 1 N–H and O–H groups in total. The number of anilines is 1. The molecule has 5 heteroatoms. The van der Waals surface area contributed by atoms with Crippen LogP contribution in [0.2, 0.25) is 0 Å². The lowest BCUT2D eigenvalue weighted by Gasteiger charge is -2.46. The van der Waals surface area contributed by atoms with E-state index < -0.39 is 0 Å². The van der Waals surface area contributed by atoms with Crippen molar-refractivity contribution in [2.75, 3.05) is 4.90 Å². The molecule has 1 fully saturated rings. The van der Waals surface area contributed by atoms with Crippen LogP contribution in [0.4, 0.5) is 10.5 Å². The van der Waals surface area contributed by atoms with Crippen LogP contribution in [-0.2, 0) is 11.3 Å². The summed E-state index contributed by atoms with van der Waals surface area (Å²) in [5, 5.41) is 2.77. The number of allylic oxidation sites excluding steroid dienone is 1. The number of hydrogen-bond acceptors (Lipinski definition) is 3. The third-order valence-corrected chi connectivity index (χ3v) is 6.50. The molecule has 0 aromatic heterocycles. The zero-order chi connectivity index (χ0) is 24.1. The Morgan fingerprint density at radius 2 is 1.70 bits per heavy atom. The fourth-order valence-corrected chi connectivity index (χ4v) is 5.06. The summed E-state index contributed by atoms with van der Waals surface area (Å²) in [7, 11) is 0. The van der Waals surface area contributed by atoms with Crippen molar-refractivity contribution in [3.8, 4) is 0 Å². The molecule has 2 heterocycles. The minimum atomic E-state index is -0.383. The minimum absolute atomic E-state index is 0.0798. The second-order valence-corrected chi connectivity index (χ2v) is 10.0. The second kappa shape index (κ2) is 8.22. The first-order chi connectivity index (χ1) is 15.5. The van der Waals surface area contributed by atoms with Gasteiger partial charge in [-0.1, -0.05) is 35.9 Å². The van der Waals surface area contributed by atoms with E-state index in [-0.39, 0.29) is 24.0 Å². The van der Waals surface area contributed by atoms with Crippen LogP contribution in [0.3, 0.4) is 0 Å². The van der Waals surface area contributed by atoms with Gasteiger partial charge in [-0.15, -0.1) is 0 Å². The van der Waals surface area contributed by atoms with Crippen molar-refractivity contribution in [1.29, 1.82) is 0 Å². The van der Waals surface area contributed by atoms with Crippen LogP contribution in [0.25, 0.3) is 11.6 Å². The zero-order valence-corrected chi connectivity index (χ0v) is 20.6. The summed E-state index contributed by atoms with van der Waals surface area (Å²) in [5.74, 6) is -0.296. The van der Waals surface area contributed by atoms with Crippen LogP contribution in [0, 0.1) is 13.8 Å². The maximum Gasteiger partial charge on any atom is 0.329 e. The van der Waals surface area contributed by atoms with Crippen LogP contribution < -0.4 is 10.2 Å². The van der Waals surface area contributed by atoms with Gasteiger partial charge in [-0.25, -0.2) is 4.79 Å². The van der Waals surface area contributed by atoms with Gasteiger partial charge in [0.15, 0.2) is 0 Å². The number of hydrogen-bond donors (Lipinski definition) is 1. The Bertz CT molecular complexity index is 1190. The normalized spacial score (nSPS) is 18.7. The Labute approximate surface area is 196 Å². The first-order valence-corrected chi connectivity index (χ1v) is 11.5. The smallest absolute Gasteiger partial charge is 0.329 e. The zero-order valence-electron chi connectivity index (χ0n) is 20.6. The summed E-state index contributed by atoms with van der Waals surface area (Å²) in [6.45, 7) is 15.3. The molecule has 0 bridgehead atoms. The fourth-order valence-electron chi connectivity index (χ4n) is 5.06. The van der Waals surface area contributed by atoms with Crippen molar-refractivity contribution >= 4 is 29.3 Å². The maximum atomic E-state index is 13.0. The molecule has 0 unspecified atom stereocenters. The van der Waals surface area contributed by atoms with E-state index in [1.165, 1.54) is 16.2 Å². The summed E-state index contributed by atoms with van der Waals surface area (Å²) < 4.78 is 0. The van der Waals surface area contributed by atoms with Crippen molar-refractivity contribution in [2.24, 2.45) is 0 Å². The molecule has 5 nitrogen and oxygen atoms in total. The Morgan fingerprint density at radius 1 is 1.03 bits per heavy atom. The van der Waals surface area contributed by atoms with Gasteiger partial charge in [-0.3, -0.25) is 9.69 Å². The van der Waals surface area contributed by atoms with Gasteiger partial charge in [-0.05, 0) is 88.9 Å². The molecule has 0 spiro atoms. The van der Waals surface area contributed by atoms with Crippen LogP contribution in [0.15, 0.2) is 48.2 Å². The Balaban J connectivity index is 1.67. The third-order valence-electron chi connectivity index (χ3n) is 6.50. The summed E-state index contributed by atoms with van der Waals surface area (Å²) >= 11 is 0. The Hall–Kier alpha value is -3.34. The first kappa shape index (κ1) is 22.8. The number of carbonyl (C=O) groups is 2. The van der Waals surface area contributed by atoms with Crippen molar-refractivity contribution in [1.82, 2.24) is 10.2 Å². The highest BCUT2D eigenvalue weighted by Gasteiger charge is 2.35. The Morgan fingerprint density at radius 3 is 2.33 bits per heavy atom. The number of amides is 3. The first-order valence-electron chi connectivity index (χ1n) is 11.5. The van der Waals surface area contributed by atoms with E-state index in [0.29, 0.717) is 11.7 Å². The number of imide groups is 1. The molecule has 2 aromatic carbocycles. The number of nitrogens with one attached hydrogen (secondary N) is 1. The number of benzene rings is 2. The molecule has 2 aliphatic heterocycles. The molecule has 0 aliphatic carbocycles. The predicted molar refractivity (Wildman–Crippen MR) is 135 cm³/mol. The highest BCUT2D eigenvalue weighted by molar-refractivity contribution is 6.14. The number of carbonyl (C=O) groups excluding carboxylic acids is 2.